The molecule has 7 nitrogen and oxygen atoms in total. The number of hydrogen-bond acceptors (Lipinski definition) is 6. The van der Waals surface area contributed by atoms with Crippen LogP contribution in [0.2, 0.25) is 0 Å². The Hall–Kier alpha value is -3.07. The van der Waals surface area contributed by atoms with Crippen LogP contribution in [0.25, 0.3) is 11.0 Å². The van der Waals surface area contributed by atoms with E-state index in [0.717, 1.165) is 25.1 Å². The van der Waals surface area contributed by atoms with E-state index in [0.29, 0.717) is 5.69 Å². The molecule has 0 radical (unpaired) electrons. The van der Waals surface area contributed by atoms with Gasteiger partial charge in [-0.2, -0.15) is 0 Å². The molecule has 3 aromatic rings. The number of anilines is 1. The number of nitrogens with one attached hydrogen (secondary N) is 1. The zero-order valence-electron chi connectivity index (χ0n) is 17.4. The number of fused-ring (bicyclic) bond motifs is 1. The predicted octanol–water partition coefficient (Wildman–Crippen LogP) is 4.03. The highest BCUT2D eigenvalue weighted by Gasteiger charge is 2.26. The van der Waals surface area contributed by atoms with Crippen LogP contribution in [0, 0.1) is 5.82 Å². The lowest BCUT2D eigenvalue weighted by Gasteiger charge is -2.33. The van der Waals surface area contributed by atoms with Gasteiger partial charge < -0.3 is 14.1 Å². The molecule has 164 valence electrons. The molecular weight excluding hydrogens is 423 g/mol. The summed E-state index contributed by atoms with van der Waals surface area (Å²) in [5.41, 5.74) is 1.63. The molecule has 4 rings (SSSR count). The van der Waals surface area contributed by atoms with Gasteiger partial charge in [-0.3, -0.25) is 4.79 Å². The number of amides is 1. The second-order valence-electron chi connectivity index (χ2n) is 7.79. The highest BCUT2D eigenvalue weighted by Crippen LogP contribution is 2.31. The fourth-order valence-electron chi connectivity index (χ4n) is 3.44. The van der Waals surface area contributed by atoms with Gasteiger partial charge in [-0.1, -0.05) is 19.9 Å². The molecule has 1 fully saturated rings. The molecule has 0 bridgehead atoms. The largest absolute Gasteiger partial charge is 0.495 e. The normalized spacial score (nSPS) is 14.0. The maximum atomic E-state index is 14.5. The summed E-state index contributed by atoms with van der Waals surface area (Å²) in [4.78, 5) is 14.5. The summed E-state index contributed by atoms with van der Waals surface area (Å²) in [5.74, 6) is -1.62. The van der Waals surface area contributed by atoms with E-state index in [1.165, 1.54) is 25.3 Å². The first-order chi connectivity index (χ1) is 14.7. The lowest BCUT2D eigenvalue weighted by molar-refractivity contribution is 0.0956. The summed E-state index contributed by atoms with van der Waals surface area (Å²) in [6, 6.07) is 9.02. The quantitative estimate of drug-likeness (QED) is 0.615. The molecule has 1 amide bonds. The Bertz CT molecular complexity index is 1260. The molecule has 1 saturated heterocycles. The summed E-state index contributed by atoms with van der Waals surface area (Å²) in [6.45, 7) is 5.51. The number of rotatable bonds is 6. The lowest BCUT2D eigenvalue weighted by Crippen LogP contribution is -2.36. The molecule has 9 heteroatoms. The molecule has 1 N–H and O–H groups in total. The number of furan rings is 1. The molecule has 0 spiro atoms. The molecular formula is C22H23FN2O5S. The van der Waals surface area contributed by atoms with Gasteiger partial charge in [0.25, 0.3) is 10.0 Å². The number of methoxy groups -OCH3 is 1. The second kappa shape index (κ2) is 7.88. The van der Waals surface area contributed by atoms with Gasteiger partial charge in [0.2, 0.25) is 0 Å². The van der Waals surface area contributed by atoms with Crippen molar-refractivity contribution in [1.29, 1.82) is 0 Å². The third kappa shape index (κ3) is 3.97. The maximum Gasteiger partial charge on any atom is 0.300 e. The maximum absolute atomic E-state index is 14.5. The SMILES string of the molecule is COc1ccc(C(C)C)cc1S(=O)(=O)NC(=O)c1cc2c(F)cc(N3CCC3)cc2o1. The lowest BCUT2D eigenvalue weighted by atomic mass is 10.0. The molecule has 2 heterocycles. The summed E-state index contributed by atoms with van der Waals surface area (Å²) in [7, 11) is -2.91. The summed E-state index contributed by atoms with van der Waals surface area (Å²) in [6.07, 6.45) is 1.03. The number of halogens is 1. The Balaban J connectivity index is 1.65. The smallest absolute Gasteiger partial charge is 0.300 e. The summed E-state index contributed by atoms with van der Waals surface area (Å²) < 4.78 is 53.0. The Kier molecular flexibility index (Phi) is 5.38. The average molecular weight is 447 g/mol. The Morgan fingerprint density at radius 2 is 1.94 bits per heavy atom. The Morgan fingerprint density at radius 1 is 1.19 bits per heavy atom. The van der Waals surface area contributed by atoms with Crippen LogP contribution in [0.15, 0.2) is 45.7 Å². The first-order valence-corrected chi connectivity index (χ1v) is 11.4. The first kappa shape index (κ1) is 21.2. The van der Waals surface area contributed by atoms with Gasteiger partial charge in [0.1, 0.15) is 22.0 Å². The van der Waals surface area contributed by atoms with E-state index in [9.17, 15) is 17.6 Å². The average Bonchev–Trinajstić information content (AvgIpc) is 3.11. The molecule has 1 aliphatic rings. The Morgan fingerprint density at radius 3 is 2.55 bits per heavy atom. The minimum Gasteiger partial charge on any atom is -0.495 e. The van der Waals surface area contributed by atoms with Crippen LogP contribution in [0.3, 0.4) is 0 Å². The first-order valence-electron chi connectivity index (χ1n) is 9.92. The van der Waals surface area contributed by atoms with Gasteiger partial charge in [0.05, 0.1) is 12.5 Å². The minimum atomic E-state index is -4.26. The van der Waals surface area contributed by atoms with Crippen molar-refractivity contribution in [3.05, 3.63) is 53.5 Å². The highest BCUT2D eigenvalue weighted by atomic mass is 32.2. The number of nitrogens with zero attached hydrogens (tertiary/aromatic N) is 1. The van der Waals surface area contributed by atoms with E-state index < -0.39 is 21.7 Å². The highest BCUT2D eigenvalue weighted by molar-refractivity contribution is 7.90. The van der Waals surface area contributed by atoms with Crippen LogP contribution in [-0.4, -0.2) is 34.5 Å². The van der Waals surface area contributed by atoms with Crippen molar-refractivity contribution >= 4 is 32.6 Å². The van der Waals surface area contributed by atoms with Crippen molar-refractivity contribution in [2.75, 3.05) is 25.1 Å². The number of carbonyl (C=O) groups excluding carboxylic acids is 1. The predicted molar refractivity (Wildman–Crippen MR) is 115 cm³/mol. The van der Waals surface area contributed by atoms with Gasteiger partial charge >= 0.3 is 5.91 Å². The van der Waals surface area contributed by atoms with E-state index in [1.807, 2.05) is 23.5 Å². The van der Waals surface area contributed by atoms with Crippen LogP contribution < -0.4 is 14.4 Å². The summed E-state index contributed by atoms with van der Waals surface area (Å²) >= 11 is 0. The van der Waals surface area contributed by atoms with Gasteiger partial charge in [-0.05, 0) is 36.1 Å². The fourth-order valence-corrected chi connectivity index (χ4v) is 4.60. The van der Waals surface area contributed by atoms with Gasteiger partial charge in [0.15, 0.2) is 5.76 Å². The zero-order chi connectivity index (χ0) is 22.3. The van der Waals surface area contributed by atoms with E-state index >= 15 is 0 Å². The van der Waals surface area contributed by atoms with E-state index in [4.69, 9.17) is 9.15 Å². The molecule has 0 unspecified atom stereocenters. The molecule has 1 aromatic heterocycles. The number of carbonyl (C=O) groups is 1. The number of ether oxygens (including phenoxy) is 1. The molecule has 0 aliphatic carbocycles. The van der Waals surface area contributed by atoms with Crippen LogP contribution in [0.4, 0.5) is 10.1 Å². The number of sulfonamides is 1. The van der Waals surface area contributed by atoms with Crippen molar-refractivity contribution < 1.29 is 26.8 Å². The molecule has 1 aliphatic heterocycles. The van der Waals surface area contributed by atoms with Crippen molar-refractivity contribution in [2.24, 2.45) is 0 Å². The second-order valence-corrected chi connectivity index (χ2v) is 9.44. The van der Waals surface area contributed by atoms with Crippen LogP contribution in [0.1, 0.15) is 42.3 Å². The van der Waals surface area contributed by atoms with Crippen LogP contribution in [-0.2, 0) is 10.0 Å². The summed E-state index contributed by atoms with van der Waals surface area (Å²) in [5, 5.41) is 0.117. The molecule has 0 atom stereocenters. The molecule has 0 saturated carbocycles. The third-order valence-electron chi connectivity index (χ3n) is 5.39. The van der Waals surface area contributed by atoms with E-state index in [-0.39, 0.29) is 33.3 Å². The van der Waals surface area contributed by atoms with Gasteiger partial charge in [-0.15, -0.1) is 0 Å². The van der Waals surface area contributed by atoms with Crippen molar-refractivity contribution in [1.82, 2.24) is 4.72 Å². The number of benzene rings is 2. The third-order valence-corrected chi connectivity index (χ3v) is 6.74. The Labute approximate surface area is 179 Å². The molecule has 2 aromatic carbocycles. The van der Waals surface area contributed by atoms with Crippen LogP contribution in [0.5, 0.6) is 5.75 Å². The standard InChI is InChI=1S/C22H23FN2O5S/c1-13(2)14-5-6-18(29-3)21(9-14)31(27,28)24-22(26)20-12-16-17(23)10-15(11-19(16)30-20)25-7-4-8-25/h5-6,9-13H,4,7-8H2,1-3H3,(H,24,26). The van der Waals surface area contributed by atoms with Crippen molar-refractivity contribution in [3.8, 4) is 5.75 Å². The topological polar surface area (TPSA) is 88.8 Å². The number of hydrogen-bond donors (Lipinski definition) is 1. The van der Waals surface area contributed by atoms with Gasteiger partial charge in [-0.25, -0.2) is 17.5 Å². The van der Waals surface area contributed by atoms with Gasteiger partial charge in [0, 0.05) is 30.9 Å². The van der Waals surface area contributed by atoms with E-state index in [1.54, 1.807) is 18.2 Å². The van der Waals surface area contributed by atoms with Crippen molar-refractivity contribution in [2.45, 2.75) is 31.1 Å². The monoisotopic (exact) mass is 446 g/mol. The minimum absolute atomic E-state index is 0.0782. The van der Waals surface area contributed by atoms with Crippen molar-refractivity contribution in [3.63, 3.8) is 0 Å². The van der Waals surface area contributed by atoms with E-state index in [2.05, 4.69) is 0 Å². The molecule has 31 heavy (non-hydrogen) atoms. The van der Waals surface area contributed by atoms with Crippen LogP contribution >= 0.6 is 0 Å². The fraction of sp³-hybridized carbons (Fsp3) is 0.318. The zero-order valence-corrected chi connectivity index (χ0v) is 18.3.